The van der Waals surface area contributed by atoms with Gasteiger partial charge in [0.25, 0.3) is 0 Å². The van der Waals surface area contributed by atoms with Crippen molar-refractivity contribution < 1.29 is 9.84 Å². The molecule has 0 saturated carbocycles. The first-order valence-corrected chi connectivity index (χ1v) is 3.93. The lowest BCUT2D eigenvalue weighted by molar-refractivity contribution is 0.362. The number of rotatable bonds is 3. The highest BCUT2D eigenvalue weighted by molar-refractivity contribution is 6.25. The highest BCUT2D eigenvalue weighted by Crippen LogP contribution is 2.15. The van der Waals surface area contributed by atoms with Gasteiger partial charge in [0.1, 0.15) is 18.1 Å². The summed E-state index contributed by atoms with van der Waals surface area (Å²) in [5.74, 6) is 0.942. The summed E-state index contributed by atoms with van der Waals surface area (Å²) in [6, 6.07) is 6.52. The second-order valence-corrected chi connectivity index (χ2v) is 2.42. The van der Waals surface area contributed by atoms with Gasteiger partial charge in [0.2, 0.25) is 0 Å². The van der Waals surface area contributed by atoms with Crippen molar-refractivity contribution in [3.8, 4) is 11.5 Å². The molecule has 1 aromatic rings. The number of benzene rings is 1. The minimum atomic E-state index is 0.232. The zero-order valence-corrected chi connectivity index (χ0v) is 7.16. The van der Waals surface area contributed by atoms with Crippen molar-refractivity contribution in [1.29, 1.82) is 0 Å². The van der Waals surface area contributed by atoms with Gasteiger partial charge in [0.15, 0.2) is 0 Å². The first-order valence-electron chi connectivity index (χ1n) is 3.50. The van der Waals surface area contributed by atoms with Crippen LogP contribution in [0.3, 0.4) is 0 Å². The van der Waals surface area contributed by atoms with Crippen molar-refractivity contribution in [2.24, 2.45) is 0 Å². The Kier molecular flexibility index (Phi) is 3.48. The summed E-state index contributed by atoms with van der Waals surface area (Å²) in [7, 11) is 0. The third-order valence-electron chi connectivity index (χ3n) is 1.27. The van der Waals surface area contributed by atoms with Crippen LogP contribution in [-0.4, -0.2) is 11.7 Å². The number of halogens is 1. The first-order chi connectivity index (χ1) is 5.83. The van der Waals surface area contributed by atoms with Crippen LogP contribution in [0.2, 0.25) is 0 Å². The number of ether oxygens (including phenoxy) is 1. The Morgan fingerprint density at radius 3 is 2.58 bits per heavy atom. The third-order valence-corrected chi connectivity index (χ3v) is 1.45. The molecule has 3 heteroatoms. The standard InChI is InChI=1S/C9H9ClO2/c10-6-1-7-12-9-4-2-8(11)3-5-9/h1-6,11H,7H2. The lowest BCUT2D eigenvalue weighted by Gasteiger charge is -2.01. The smallest absolute Gasteiger partial charge is 0.120 e. The minimum absolute atomic E-state index is 0.232. The van der Waals surface area contributed by atoms with E-state index >= 15 is 0 Å². The normalized spacial score (nSPS) is 10.4. The van der Waals surface area contributed by atoms with E-state index in [1.807, 2.05) is 0 Å². The molecule has 1 N–H and O–H groups in total. The Morgan fingerprint density at radius 1 is 1.33 bits per heavy atom. The number of phenolic OH excluding ortho intramolecular Hbond substituents is 1. The van der Waals surface area contributed by atoms with E-state index in [9.17, 15) is 0 Å². The molecule has 0 fully saturated rings. The van der Waals surface area contributed by atoms with E-state index in [1.54, 1.807) is 30.3 Å². The van der Waals surface area contributed by atoms with Crippen LogP contribution in [0.5, 0.6) is 11.5 Å². The van der Waals surface area contributed by atoms with Crippen LogP contribution in [0.25, 0.3) is 0 Å². The van der Waals surface area contributed by atoms with Crippen LogP contribution in [0, 0.1) is 0 Å². The van der Waals surface area contributed by atoms with Crippen LogP contribution in [0.4, 0.5) is 0 Å². The Bertz CT molecular complexity index is 254. The summed E-state index contributed by atoms with van der Waals surface area (Å²) in [6.45, 7) is 0.439. The molecule has 0 amide bonds. The van der Waals surface area contributed by atoms with Crippen LogP contribution in [0.15, 0.2) is 35.9 Å². The summed E-state index contributed by atoms with van der Waals surface area (Å²) < 4.78 is 5.22. The lowest BCUT2D eigenvalue weighted by atomic mass is 10.3. The van der Waals surface area contributed by atoms with Crippen LogP contribution >= 0.6 is 11.6 Å². The van der Waals surface area contributed by atoms with Gasteiger partial charge in [-0.15, -0.1) is 0 Å². The molecule has 0 unspecified atom stereocenters. The van der Waals surface area contributed by atoms with E-state index < -0.39 is 0 Å². The van der Waals surface area contributed by atoms with Gasteiger partial charge in [-0.05, 0) is 30.3 Å². The molecule has 0 atom stereocenters. The second-order valence-electron chi connectivity index (χ2n) is 2.17. The van der Waals surface area contributed by atoms with Crippen molar-refractivity contribution >= 4 is 11.6 Å². The monoisotopic (exact) mass is 184 g/mol. The summed E-state index contributed by atoms with van der Waals surface area (Å²) in [6.07, 6.45) is 1.69. The predicted octanol–water partition coefficient (Wildman–Crippen LogP) is 2.52. The molecule has 0 aromatic heterocycles. The zero-order valence-electron chi connectivity index (χ0n) is 6.40. The van der Waals surface area contributed by atoms with E-state index in [-0.39, 0.29) is 5.75 Å². The third kappa shape index (κ3) is 2.84. The fraction of sp³-hybridized carbons (Fsp3) is 0.111. The van der Waals surface area contributed by atoms with E-state index in [2.05, 4.69) is 0 Å². The van der Waals surface area contributed by atoms with Gasteiger partial charge in [-0.3, -0.25) is 0 Å². The van der Waals surface area contributed by atoms with E-state index in [4.69, 9.17) is 21.4 Å². The molecule has 0 radical (unpaired) electrons. The molecular formula is C9H9ClO2. The average Bonchev–Trinajstić information content (AvgIpc) is 2.09. The van der Waals surface area contributed by atoms with Crippen LogP contribution < -0.4 is 4.74 Å². The zero-order chi connectivity index (χ0) is 8.81. The minimum Gasteiger partial charge on any atom is -0.508 e. The maximum absolute atomic E-state index is 8.94. The molecule has 0 aliphatic carbocycles. The van der Waals surface area contributed by atoms with E-state index in [1.165, 1.54) is 5.54 Å². The van der Waals surface area contributed by atoms with Crippen molar-refractivity contribution in [3.05, 3.63) is 35.9 Å². The van der Waals surface area contributed by atoms with Gasteiger partial charge in [-0.25, -0.2) is 0 Å². The molecule has 64 valence electrons. The molecule has 0 bridgehead atoms. The maximum Gasteiger partial charge on any atom is 0.120 e. The Labute approximate surface area is 76.0 Å². The summed E-state index contributed by atoms with van der Waals surface area (Å²) in [5, 5.41) is 8.94. The van der Waals surface area contributed by atoms with Gasteiger partial charge in [0, 0.05) is 5.54 Å². The Hall–Kier alpha value is -1.15. The van der Waals surface area contributed by atoms with Gasteiger partial charge >= 0.3 is 0 Å². The number of aromatic hydroxyl groups is 1. The topological polar surface area (TPSA) is 29.5 Å². The highest BCUT2D eigenvalue weighted by Gasteiger charge is 1.90. The highest BCUT2D eigenvalue weighted by atomic mass is 35.5. The van der Waals surface area contributed by atoms with Crippen molar-refractivity contribution in [3.63, 3.8) is 0 Å². The van der Waals surface area contributed by atoms with Gasteiger partial charge in [-0.2, -0.15) is 0 Å². The van der Waals surface area contributed by atoms with Crippen molar-refractivity contribution in [2.45, 2.75) is 0 Å². The molecule has 12 heavy (non-hydrogen) atoms. The van der Waals surface area contributed by atoms with E-state index in [0.29, 0.717) is 12.4 Å². The van der Waals surface area contributed by atoms with E-state index in [0.717, 1.165) is 0 Å². The summed E-state index contributed by atoms with van der Waals surface area (Å²) >= 11 is 5.29. The molecule has 2 nitrogen and oxygen atoms in total. The van der Waals surface area contributed by atoms with Crippen LogP contribution in [0.1, 0.15) is 0 Å². The predicted molar refractivity (Wildman–Crippen MR) is 48.6 cm³/mol. The first kappa shape index (κ1) is 8.94. The molecule has 1 aromatic carbocycles. The fourth-order valence-electron chi connectivity index (χ4n) is 0.723. The molecule has 0 saturated heterocycles. The molecule has 0 aliphatic rings. The van der Waals surface area contributed by atoms with Gasteiger partial charge in [0.05, 0.1) is 0 Å². The molecular weight excluding hydrogens is 176 g/mol. The molecule has 0 aliphatic heterocycles. The van der Waals surface area contributed by atoms with Gasteiger partial charge in [-0.1, -0.05) is 11.6 Å². The number of hydrogen-bond donors (Lipinski definition) is 1. The summed E-state index contributed by atoms with van der Waals surface area (Å²) in [5.41, 5.74) is 1.40. The Balaban J connectivity index is 2.47. The molecule has 0 spiro atoms. The quantitative estimate of drug-likeness (QED) is 0.782. The number of hydrogen-bond acceptors (Lipinski definition) is 2. The van der Waals surface area contributed by atoms with Crippen molar-refractivity contribution in [1.82, 2.24) is 0 Å². The maximum atomic E-state index is 8.94. The largest absolute Gasteiger partial charge is 0.508 e. The van der Waals surface area contributed by atoms with Crippen LogP contribution in [-0.2, 0) is 0 Å². The number of phenols is 1. The molecule has 1 rings (SSSR count). The lowest BCUT2D eigenvalue weighted by Crippen LogP contribution is -1.91. The average molecular weight is 185 g/mol. The summed E-state index contributed by atoms with van der Waals surface area (Å²) in [4.78, 5) is 0. The fourth-order valence-corrected chi connectivity index (χ4v) is 0.796. The van der Waals surface area contributed by atoms with Gasteiger partial charge < -0.3 is 9.84 Å². The SMILES string of the molecule is Oc1ccc(OCC=CCl)cc1. The van der Waals surface area contributed by atoms with Crippen molar-refractivity contribution in [2.75, 3.05) is 6.61 Å². The second kappa shape index (κ2) is 4.67. The molecule has 0 heterocycles. The Morgan fingerprint density at radius 2 is 2.00 bits per heavy atom.